The molecule has 4 rings (SSSR count). The van der Waals surface area contributed by atoms with Crippen LogP contribution < -0.4 is 9.47 Å². The average Bonchev–Trinajstić information content (AvgIpc) is 2.88. The molecule has 23 heavy (non-hydrogen) atoms. The highest BCUT2D eigenvalue weighted by atomic mass is 32.2. The summed E-state index contributed by atoms with van der Waals surface area (Å²) in [6.45, 7) is 4.57. The Labute approximate surface area is 140 Å². The second kappa shape index (κ2) is 5.03. The van der Waals surface area contributed by atoms with Crippen molar-refractivity contribution in [2.24, 2.45) is 0 Å². The molecule has 0 aliphatic carbocycles. The van der Waals surface area contributed by atoms with Crippen molar-refractivity contribution in [2.45, 2.75) is 24.2 Å². The minimum Gasteiger partial charge on any atom is -0.493 e. The van der Waals surface area contributed by atoms with E-state index in [4.69, 9.17) is 14.5 Å². The number of pyridine rings is 1. The van der Waals surface area contributed by atoms with E-state index in [0.29, 0.717) is 0 Å². The topological polar surface area (TPSA) is 31.4 Å². The predicted octanol–water partition coefficient (Wildman–Crippen LogP) is 4.79. The van der Waals surface area contributed by atoms with Gasteiger partial charge in [-0.1, -0.05) is 26.0 Å². The molecule has 118 valence electrons. The number of hydrogen-bond donors (Lipinski definition) is 0. The van der Waals surface area contributed by atoms with E-state index in [1.807, 2.05) is 30.1 Å². The first-order chi connectivity index (χ1) is 11.0. The van der Waals surface area contributed by atoms with Gasteiger partial charge in [0.15, 0.2) is 11.5 Å². The summed E-state index contributed by atoms with van der Waals surface area (Å²) in [5, 5.41) is 3.45. The third-order valence-corrected chi connectivity index (χ3v) is 6.21. The van der Waals surface area contributed by atoms with E-state index in [-0.39, 0.29) is 5.41 Å². The molecule has 0 saturated heterocycles. The van der Waals surface area contributed by atoms with Crippen LogP contribution in [0, 0.1) is 0 Å². The number of hydrogen-bond acceptors (Lipinski definition) is 4. The fourth-order valence-corrected chi connectivity index (χ4v) is 4.72. The van der Waals surface area contributed by atoms with Gasteiger partial charge in [0, 0.05) is 33.0 Å². The second-order valence-corrected chi connectivity index (χ2v) is 7.55. The monoisotopic (exact) mass is 325 g/mol. The standard InChI is InChI=1S/C19H19NO2S/c1-19(2)10-23-18-12-6-5-11-7-15(21-3)16(22-4)8-13(11)17(12)20-9-14(18)19/h5-9H,10H2,1-4H3. The molecule has 0 unspecified atom stereocenters. The van der Waals surface area contributed by atoms with Crippen molar-refractivity contribution in [1.29, 1.82) is 0 Å². The Hall–Kier alpha value is -1.94. The van der Waals surface area contributed by atoms with Crippen molar-refractivity contribution in [2.75, 3.05) is 20.0 Å². The fraction of sp³-hybridized carbons (Fsp3) is 0.316. The van der Waals surface area contributed by atoms with Crippen LogP contribution in [0.4, 0.5) is 0 Å². The smallest absolute Gasteiger partial charge is 0.161 e. The number of methoxy groups -OCH3 is 2. The molecule has 2 heterocycles. The number of benzene rings is 2. The van der Waals surface area contributed by atoms with Crippen LogP contribution in [0.3, 0.4) is 0 Å². The second-order valence-electron chi connectivity index (χ2n) is 6.56. The zero-order valence-corrected chi connectivity index (χ0v) is 14.6. The molecule has 2 aromatic carbocycles. The summed E-state index contributed by atoms with van der Waals surface area (Å²) in [6.07, 6.45) is 2.05. The molecule has 0 radical (unpaired) electrons. The van der Waals surface area contributed by atoms with Crippen LogP contribution in [0.15, 0.2) is 35.4 Å². The molecule has 4 heteroatoms. The van der Waals surface area contributed by atoms with Gasteiger partial charge in [0.05, 0.1) is 19.7 Å². The van der Waals surface area contributed by atoms with E-state index in [1.54, 1.807) is 14.2 Å². The van der Waals surface area contributed by atoms with Gasteiger partial charge in [-0.05, 0) is 23.1 Å². The van der Waals surface area contributed by atoms with Gasteiger partial charge in [-0.25, -0.2) is 0 Å². The minimum absolute atomic E-state index is 0.188. The Balaban J connectivity index is 2.07. The molecule has 1 aliphatic heterocycles. The van der Waals surface area contributed by atoms with Crippen LogP contribution in [0.5, 0.6) is 11.5 Å². The van der Waals surface area contributed by atoms with E-state index in [1.165, 1.54) is 15.8 Å². The van der Waals surface area contributed by atoms with Gasteiger partial charge >= 0.3 is 0 Å². The molecule has 0 spiro atoms. The molecular formula is C19H19NO2S. The number of fused-ring (bicyclic) bond motifs is 5. The summed E-state index contributed by atoms with van der Waals surface area (Å²) in [5.41, 5.74) is 2.58. The molecular weight excluding hydrogens is 306 g/mol. The third-order valence-electron chi connectivity index (χ3n) is 4.61. The van der Waals surface area contributed by atoms with Crippen molar-refractivity contribution in [3.05, 3.63) is 36.0 Å². The molecule has 3 nitrogen and oxygen atoms in total. The van der Waals surface area contributed by atoms with Gasteiger partial charge < -0.3 is 9.47 Å². The molecule has 0 fully saturated rings. The summed E-state index contributed by atoms with van der Waals surface area (Å²) < 4.78 is 10.9. The summed E-state index contributed by atoms with van der Waals surface area (Å²) in [4.78, 5) is 6.17. The molecule has 1 aliphatic rings. The van der Waals surface area contributed by atoms with E-state index in [0.717, 1.165) is 33.5 Å². The van der Waals surface area contributed by atoms with Gasteiger partial charge in [0.1, 0.15) is 0 Å². The first-order valence-corrected chi connectivity index (χ1v) is 8.64. The maximum Gasteiger partial charge on any atom is 0.161 e. The lowest BCUT2D eigenvalue weighted by Crippen LogP contribution is -2.15. The van der Waals surface area contributed by atoms with E-state index in [2.05, 4.69) is 26.0 Å². The lowest BCUT2D eigenvalue weighted by molar-refractivity contribution is 0.356. The zero-order valence-electron chi connectivity index (χ0n) is 13.8. The first-order valence-electron chi connectivity index (χ1n) is 7.66. The highest BCUT2D eigenvalue weighted by Crippen LogP contribution is 2.47. The van der Waals surface area contributed by atoms with Crippen molar-refractivity contribution >= 4 is 33.4 Å². The van der Waals surface area contributed by atoms with Crippen LogP contribution >= 0.6 is 11.8 Å². The van der Waals surface area contributed by atoms with Crippen LogP contribution in [0.25, 0.3) is 21.7 Å². The number of aromatic nitrogens is 1. The molecule has 0 amide bonds. The quantitative estimate of drug-likeness (QED) is 0.634. The van der Waals surface area contributed by atoms with Gasteiger partial charge in [-0.2, -0.15) is 0 Å². The summed E-state index contributed by atoms with van der Waals surface area (Å²) >= 11 is 1.93. The summed E-state index contributed by atoms with van der Waals surface area (Å²) in [5.74, 6) is 2.59. The maximum absolute atomic E-state index is 5.46. The highest BCUT2D eigenvalue weighted by molar-refractivity contribution is 8.00. The number of rotatable bonds is 2. The third kappa shape index (κ3) is 2.08. The van der Waals surface area contributed by atoms with Gasteiger partial charge in [0.2, 0.25) is 0 Å². The molecule has 0 N–H and O–H groups in total. The number of thioether (sulfide) groups is 1. The Morgan fingerprint density at radius 2 is 1.78 bits per heavy atom. The molecule has 0 bridgehead atoms. The van der Waals surface area contributed by atoms with E-state index in [9.17, 15) is 0 Å². The van der Waals surface area contributed by atoms with Crippen molar-refractivity contribution < 1.29 is 9.47 Å². The van der Waals surface area contributed by atoms with Crippen LogP contribution in [-0.2, 0) is 5.41 Å². The Bertz CT molecular complexity index is 934. The van der Waals surface area contributed by atoms with Crippen molar-refractivity contribution in [1.82, 2.24) is 4.98 Å². The Morgan fingerprint density at radius 3 is 2.52 bits per heavy atom. The summed E-state index contributed by atoms with van der Waals surface area (Å²) in [7, 11) is 3.33. The van der Waals surface area contributed by atoms with E-state index < -0.39 is 0 Å². The normalized spacial score (nSPS) is 15.8. The summed E-state index contributed by atoms with van der Waals surface area (Å²) in [6, 6.07) is 8.37. The van der Waals surface area contributed by atoms with Gasteiger partial charge in [-0.3, -0.25) is 4.98 Å². The van der Waals surface area contributed by atoms with E-state index >= 15 is 0 Å². The maximum atomic E-state index is 5.46. The number of ether oxygens (including phenoxy) is 2. The highest BCUT2D eigenvalue weighted by Gasteiger charge is 2.32. The first kappa shape index (κ1) is 14.6. The van der Waals surface area contributed by atoms with Crippen LogP contribution in [0.1, 0.15) is 19.4 Å². The Kier molecular flexibility index (Phi) is 3.20. The SMILES string of the molecule is COc1cc2ccc3c4c(cnc3c2cc1OC)C(C)(C)CS4. The lowest BCUT2D eigenvalue weighted by Gasteiger charge is -2.17. The van der Waals surface area contributed by atoms with Crippen molar-refractivity contribution in [3.63, 3.8) is 0 Å². The zero-order chi connectivity index (χ0) is 16.2. The molecule has 0 atom stereocenters. The minimum atomic E-state index is 0.188. The molecule has 3 aromatic rings. The fourth-order valence-electron chi connectivity index (χ4n) is 3.26. The predicted molar refractivity (Wildman–Crippen MR) is 96.1 cm³/mol. The van der Waals surface area contributed by atoms with Crippen LogP contribution in [-0.4, -0.2) is 25.0 Å². The number of nitrogens with zero attached hydrogens (tertiary/aromatic N) is 1. The largest absolute Gasteiger partial charge is 0.493 e. The molecule has 0 saturated carbocycles. The average molecular weight is 325 g/mol. The van der Waals surface area contributed by atoms with Crippen LogP contribution in [0.2, 0.25) is 0 Å². The van der Waals surface area contributed by atoms with Gasteiger partial charge in [0.25, 0.3) is 0 Å². The lowest BCUT2D eigenvalue weighted by atomic mass is 9.87. The molecule has 1 aromatic heterocycles. The van der Waals surface area contributed by atoms with Gasteiger partial charge in [-0.15, -0.1) is 11.8 Å². The Morgan fingerprint density at radius 1 is 1.04 bits per heavy atom. The van der Waals surface area contributed by atoms with Crippen molar-refractivity contribution in [3.8, 4) is 11.5 Å².